The van der Waals surface area contributed by atoms with Gasteiger partial charge in [0.1, 0.15) is 5.37 Å². The van der Waals surface area contributed by atoms with E-state index in [1.807, 2.05) is 55.5 Å². The molecule has 0 amide bonds. The molecule has 0 saturated carbocycles. The molecule has 32 heavy (non-hydrogen) atoms. The van der Waals surface area contributed by atoms with Gasteiger partial charge in [-0.1, -0.05) is 30.3 Å². The number of alkyl halides is 3. The van der Waals surface area contributed by atoms with E-state index in [-0.39, 0.29) is 0 Å². The van der Waals surface area contributed by atoms with Crippen LogP contribution in [0.4, 0.5) is 13.2 Å². The predicted molar refractivity (Wildman–Crippen MR) is 115 cm³/mol. The maximum atomic E-state index is 13.3. The Balaban J connectivity index is 0.000000451. The minimum Gasteiger partial charge on any atom is -0.475 e. The maximum Gasteiger partial charge on any atom is 0.490 e. The summed E-state index contributed by atoms with van der Waals surface area (Å²) >= 11 is 0. The topological polar surface area (TPSA) is 102 Å². The lowest BCUT2D eigenvalue weighted by Crippen LogP contribution is -2.34. The van der Waals surface area contributed by atoms with E-state index in [1.54, 1.807) is 24.3 Å². The third-order valence-electron chi connectivity index (χ3n) is 4.42. The molecule has 1 atom stereocenters. The Morgan fingerprint density at radius 3 is 2.28 bits per heavy atom. The summed E-state index contributed by atoms with van der Waals surface area (Å²) in [6.07, 6.45) is -3.25. The first-order valence-corrected chi connectivity index (χ1v) is 11.0. The van der Waals surface area contributed by atoms with E-state index in [0.717, 1.165) is 23.0 Å². The average Bonchev–Trinajstić information content (AvgIpc) is 3.20. The highest BCUT2D eigenvalue weighted by atomic mass is 32.2. The number of benzene rings is 2. The zero-order valence-electron chi connectivity index (χ0n) is 17.4. The highest BCUT2D eigenvalue weighted by Gasteiger charge is 2.38. The van der Waals surface area contributed by atoms with Crippen molar-refractivity contribution in [2.24, 2.45) is 0 Å². The molecule has 0 bridgehead atoms. The van der Waals surface area contributed by atoms with Crippen molar-refractivity contribution in [3.63, 3.8) is 0 Å². The Morgan fingerprint density at radius 2 is 1.72 bits per heavy atom. The number of carboxylic acid groups (broad SMARTS) is 1. The molecule has 174 valence electrons. The van der Waals surface area contributed by atoms with Gasteiger partial charge in [0.15, 0.2) is 9.84 Å². The van der Waals surface area contributed by atoms with Crippen molar-refractivity contribution >= 4 is 26.7 Å². The highest BCUT2D eigenvalue weighted by Crippen LogP contribution is 2.31. The van der Waals surface area contributed by atoms with Gasteiger partial charge >= 0.3 is 12.1 Å². The van der Waals surface area contributed by atoms with Crippen LogP contribution in [-0.4, -0.2) is 62.7 Å². The third-order valence-corrected chi connectivity index (χ3v) is 6.39. The van der Waals surface area contributed by atoms with E-state index in [2.05, 4.69) is 10.3 Å². The molecule has 0 aliphatic heterocycles. The molecule has 2 aromatic carbocycles. The Labute approximate surface area is 183 Å². The molecule has 3 aromatic rings. The van der Waals surface area contributed by atoms with Crippen LogP contribution in [-0.2, 0) is 14.6 Å². The maximum absolute atomic E-state index is 13.3. The first-order chi connectivity index (χ1) is 14.9. The Hall–Kier alpha value is -2.89. The molecule has 1 heterocycles. The quantitative estimate of drug-likeness (QED) is 0.488. The fourth-order valence-electron chi connectivity index (χ4n) is 2.89. The lowest BCUT2D eigenvalue weighted by Gasteiger charge is -2.22. The second-order valence-electron chi connectivity index (χ2n) is 7.08. The molecule has 1 aromatic heterocycles. The van der Waals surface area contributed by atoms with Crippen molar-refractivity contribution < 1.29 is 31.5 Å². The van der Waals surface area contributed by atoms with Gasteiger partial charge in [-0.2, -0.15) is 13.2 Å². The minimum absolute atomic E-state index is 0.324. The van der Waals surface area contributed by atoms with Crippen LogP contribution in [0.1, 0.15) is 10.9 Å². The summed E-state index contributed by atoms with van der Waals surface area (Å²) in [5.41, 5.74) is 1.70. The first-order valence-electron chi connectivity index (χ1n) is 9.47. The molecular formula is C21H24F3N3O4S. The van der Waals surface area contributed by atoms with Gasteiger partial charge in [0.25, 0.3) is 0 Å². The second-order valence-corrected chi connectivity index (χ2v) is 9.12. The van der Waals surface area contributed by atoms with E-state index in [4.69, 9.17) is 9.90 Å². The van der Waals surface area contributed by atoms with E-state index >= 15 is 0 Å². The van der Waals surface area contributed by atoms with Gasteiger partial charge in [-0.3, -0.25) is 5.32 Å². The number of fused-ring (bicyclic) bond motifs is 1. The number of nitrogens with zero attached hydrogens (tertiary/aromatic N) is 1. The summed E-state index contributed by atoms with van der Waals surface area (Å²) < 4.78 is 58.3. The molecule has 11 heteroatoms. The number of halogens is 3. The van der Waals surface area contributed by atoms with Crippen molar-refractivity contribution in [2.45, 2.75) is 16.4 Å². The molecule has 0 spiro atoms. The van der Waals surface area contributed by atoms with E-state index in [0.29, 0.717) is 11.4 Å². The smallest absolute Gasteiger partial charge is 0.475 e. The number of aromatic amines is 1. The predicted octanol–water partition coefficient (Wildman–Crippen LogP) is 3.42. The van der Waals surface area contributed by atoms with Crippen LogP contribution in [0.3, 0.4) is 0 Å². The fraction of sp³-hybridized carbons (Fsp3) is 0.286. The number of nitrogens with one attached hydrogen (secondary N) is 2. The number of H-pyrrole nitrogens is 1. The summed E-state index contributed by atoms with van der Waals surface area (Å²) in [5, 5.41) is 10.5. The van der Waals surface area contributed by atoms with Crippen molar-refractivity contribution in [1.82, 2.24) is 15.2 Å². The van der Waals surface area contributed by atoms with Crippen LogP contribution in [0.5, 0.6) is 0 Å². The second kappa shape index (κ2) is 10.6. The van der Waals surface area contributed by atoms with Crippen molar-refractivity contribution in [3.05, 3.63) is 66.4 Å². The van der Waals surface area contributed by atoms with Gasteiger partial charge in [0.05, 0.1) is 4.90 Å². The summed E-state index contributed by atoms with van der Waals surface area (Å²) in [6.45, 7) is 1.33. The number of carboxylic acids is 1. The number of aliphatic carboxylic acids is 1. The SMILES string of the molecule is CN(C)CCNC(c1cccc2[nH]ccc12)S(=O)(=O)c1ccccc1.O=C(O)C(F)(F)F. The van der Waals surface area contributed by atoms with Crippen LogP contribution in [0, 0.1) is 0 Å². The molecule has 7 nitrogen and oxygen atoms in total. The average molecular weight is 472 g/mol. The minimum atomic E-state index is -5.08. The van der Waals surface area contributed by atoms with Gasteiger partial charge in [-0.15, -0.1) is 0 Å². The highest BCUT2D eigenvalue weighted by molar-refractivity contribution is 7.91. The van der Waals surface area contributed by atoms with Crippen LogP contribution in [0.15, 0.2) is 65.7 Å². The molecule has 1 unspecified atom stereocenters. The summed E-state index contributed by atoms with van der Waals surface area (Å²) in [7, 11) is 0.370. The molecular weight excluding hydrogens is 447 g/mol. The van der Waals surface area contributed by atoms with E-state index in [1.165, 1.54) is 0 Å². The first kappa shape index (κ1) is 25.4. The lowest BCUT2D eigenvalue weighted by molar-refractivity contribution is -0.192. The number of rotatable bonds is 7. The largest absolute Gasteiger partial charge is 0.490 e. The fourth-order valence-corrected chi connectivity index (χ4v) is 4.58. The van der Waals surface area contributed by atoms with Crippen LogP contribution < -0.4 is 5.32 Å². The summed E-state index contributed by atoms with van der Waals surface area (Å²) in [6, 6.07) is 16.2. The number of carbonyl (C=O) groups is 1. The molecule has 0 aliphatic carbocycles. The standard InChI is InChI=1S/C19H23N3O2S.C2HF3O2/c1-22(2)14-13-21-19(25(23,24)15-7-4-3-5-8-15)17-9-6-10-18-16(17)11-12-20-18;3-2(4,5)1(6)7/h3-12,19-21H,13-14H2,1-2H3;(H,6,7). The zero-order valence-corrected chi connectivity index (χ0v) is 18.2. The number of sulfone groups is 1. The molecule has 3 rings (SSSR count). The molecule has 0 fully saturated rings. The van der Waals surface area contributed by atoms with Crippen LogP contribution >= 0.6 is 0 Å². The zero-order chi connectivity index (χ0) is 23.9. The molecule has 0 saturated heterocycles. The summed E-state index contributed by atoms with van der Waals surface area (Å²) in [4.78, 5) is 14.4. The summed E-state index contributed by atoms with van der Waals surface area (Å²) in [5.74, 6) is -2.76. The number of hydrogen-bond donors (Lipinski definition) is 3. The van der Waals surface area contributed by atoms with Gasteiger partial charge in [0.2, 0.25) is 0 Å². The Bertz CT molecular complexity index is 1130. The third kappa shape index (κ3) is 6.55. The lowest BCUT2D eigenvalue weighted by atomic mass is 10.1. The van der Waals surface area contributed by atoms with Gasteiger partial charge in [-0.05, 0) is 43.9 Å². The number of hydrogen-bond acceptors (Lipinski definition) is 5. The van der Waals surface area contributed by atoms with Gasteiger partial charge in [-0.25, -0.2) is 13.2 Å². The van der Waals surface area contributed by atoms with Crippen molar-refractivity contribution in [3.8, 4) is 0 Å². The molecule has 0 radical (unpaired) electrons. The Kier molecular flexibility index (Phi) is 8.42. The van der Waals surface area contributed by atoms with Gasteiger partial charge < -0.3 is 15.0 Å². The number of aromatic nitrogens is 1. The molecule has 0 aliphatic rings. The normalized spacial score (nSPS) is 12.9. The number of likely N-dealkylation sites (N-methyl/N-ethyl adjacent to an activating group) is 1. The monoisotopic (exact) mass is 471 g/mol. The van der Waals surface area contributed by atoms with Crippen LogP contribution in [0.25, 0.3) is 10.9 Å². The van der Waals surface area contributed by atoms with E-state index in [9.17, 15) is 21.6 Å². The van der Waals surface area contributed by atoms with E-state index < -0.39 is 27.4 Å². The Morgan fingerprint density at radius 1 is 1.09 bits per heavy atom. The van der Waals surface area contributed by atoms with Crippen LogP contribution in [0.2, 0.25) is 0 Å². The van der Waals surface area contributed by atoms with Gasteiger partial charge in [0, 0.05) is 30.2 Å². The van der Waals surface area contributed by atoms with Crippen molar-refractivity contribution in [1.29, 1.82) is 0 Å². The molecule has 3 N–H and O–H groups in total. The van der Waals surface area contributed by atoms with Crippen molar-refractivity contribution in [2.75, 3.05) is 27.2 Å².